The number of carbonyl (C=O) groups excluding carboxylic acids is 2. The van der Waals surface area contributed by atoms with E-state index in [1.54, 1.807) is 38.1 Å². The molecule has 0 spiro atoms. The van der Waals surface area contributed by atoms with E-state index in [-0.39, 0.29) is 53.7 Å². The van der Waals surface area contributed by atoms with Crippen LogP contribution in [0.15, 0.2) is 18.2 Å². The fourth-order valence-electron chi connectivity index (χ4n) is 4.29. The van der Waals surface area contributed by atoms with Gasteiger partial charge >= 0.3 is 0 Å². The summed E-state index contributed by atoms with van der Waals surface area (Å²) in [6.07, 6.45) is 2.64. The fourth-order valence-corrected chi connectivity index (χ4v) is 4.92. The van der Waals surface area contributed by atoms with Crippen molar-refractivity contribution in [2.45, 2.75) is 52.2 Å². The molecule has 0 saturated heterocycles. The molecule has 9 nitrogen and oxygen atoms in total. The number of sulfonamides is 1. The summed E-state index contributed by atoms with van der Waals surface area (Å²) in [5, 5.41) is 0. The zero-order chi connectivity index (χ0) is 25.0. The Hall–Kier alpha value is -2.33. The van der Waals surface area contributed by atoms with E-state index >= 15 is 0 Å². The summed E-state index contributed by atoms with van der Waals surface area (Å²) in [4.78, 5) is 30.0. The second-order valence-corrected chi connectivity index (χ2v) is 11.4. The van der Waals surface area contributed by atoms with Gasteiger partial charge < -0.3 is 19.3 Å². The summed E-state index contributed by atoms with van der Waals surface area (Å²) in [6.45, 7) is 6.58. The number of hydrogen-bond acceptors (Lipinski definition) is 6. The molecule has 1 heterocycles. The van der Waals surface area contributed by atoms with E-state index in [2.05, 4.69) is 4.72 Å². The number of nitrogens with zero attached hydrogens (tertiary/aromatic N) is 2. The first-order chi connectivity index (χ1) is 16.1. The topological polar surface area (TPSA) is 105 Å². The Bertz CT molecular complexity index is 994. The lowest BCUT2D eigenvalue weighted by Crippen LogP contribution is -2.51. The van der Waals surface area contributed by atoms with Gasteiger partial charge in [-0.2, -0.15) is 0 Å². The second-order valence-electron chi connectivity index (χ2n) is 9.43. The molecule has 0 unspecified atom stereocenters. The number of benzene rings is 1. The number of likely N-dealkylation sites (N-methyl/N-ethyl adjacent to an activating group) is 1. The van der Waals surface area contributed by atoms with Crippen molar-refractivity contribution >= 4 is 27.5 Å². The van der Waals surface area contributed by atoms with Gasteiger partial charge in [0, 0.05) is 44.8 Å². The Morgan fingerprint density at radius 2 is 1.94 bits per heavy atom. The highest BCUT2D eigenvalue weighted by atomic mass is 32.2. The Morgan fingerprint density at radius 3 is 2.53 bits per heavy atom. The molecule has 1 aliphatic carbocycles. The number of ether oxygens (including phenoxy) is 2. The summed E-state index contributed by atoms with van der Waals surface area (Å²) in [5.41, 5.74) is 0.551. The van der Waals surface area contributed by atoms with Gasteiger partial charge in [0.2, 0.25) is 15.9 Å². The Balaban J connectivity index is 1.96. The minimum absolute atomic E-state index is 0.00618. The molecule has 1 aromatic carbocycles. The average molecular weight is 496 g/mol. The first-order valence-corrected chi connectivity index (χ1v) is 13.6. The van der Waals surface area contributed by atoms with E-state index in [1.807, 2.05) is 18.7 Å². The SMILES string of the molecule is CCS(=O)(=O)Nc1ccc2c(c1)C(=O)N(C)C[C@H](OC)[C@H](C)CN(C(=O)C1CCC1)[C@@H](C)CO2. The van der Waals surface area contributed by atoms with Crippen molar-refractivity contribution < 1.29 is 27.5 Å². The maximum absolute atomic E-state index is 13.3. The van der Waals surface area contributed by atoms with Crippen LogP contribution in [0.5, 0.6) is 5.75 Å². The van der Waals surface area contributed by atoms with E-state index in [0.29, 0.717) is 24.5 Å². The summed E-state index contributed by atoms with van der Waals surface area (Å²) in [7, 11) is -0.208. The van der Waals surface area contributed by atoms with Gasteiger partial charge in [0.1, 0.15) is 12.4 Å². The molecule has 1 fully saturated rings. The van der Waals surface area contributed by atoms with E-state index < -0.39 is 10.0 Å². The van der Waals surface area contributed by atoms with E-state index in [1.165, 1.54) is 6.07 Å². The molecule has 1 saturated carbocycles. The molecule has 0 aromatic heterocycles. The molecule has 3 atom stereocenters. The number of carbonyl (C=O) groups is 2. The molecule has 1 N–H and O–H groups in total. The molecular formula is C24H37N3O6S. The van der Waals surface area contributed by atoms with Crippen molar-refractivity contribution in [2.24, 2.45) is 11.8 Å². The van der Waals surface area contributed by atoms with Gasteiger partial charge in [-0.25, -0.2) is 8.42 Å². The van der Waals surface area contributed by atoms with Gasteiger partial charge in [-0.05, 0) is 44.9 Å². The van der Waals surface area contributed by atoms with Crippen molar-refractivity contribution in [3.63, 3.8) is 0 Å². The van der Waals surface area contributed by atoms with Crippen LogP contribution >= 0.6 is 0 Å². The van der Waals surface area contributed by atoms with Crippen LogP contribution in [-0.4, -0.2) is 81.8 Å². The molecule has 2 aliphatic rings. The third-order valence-electron chi connectivity index (χ3n) is 6.84. The van der Waals surface area contributed by atoms with Crippen LogP contribution in [0.3, 0.4) is 0 Å². The summed E-state index contributed by atoms with van der Waals surface area (Å²) >= 11 is 0. The average Bonchev–Trinajstić information content (AvgIpc) is 2.76. The van der Waals surface area contributed by atoms with Crippen LogP contribution in [0.25, 0.3) is 0 Å². The number of methoxy groups -OCH3 is 1. The molecule has 1 aliphatic heterocycles. The quantitative estimate of drug-likeness (QED) is 0.673. The molecule has 0 bridgehead atoms. The fraction of sp³-hybridized carbons (Fsp3) is 0.667. The van der Waals surface area contributed by atoms with Crippen molar-refractivity contribution in [2.75, 3.05) is 44.3 Å². The number of rotatable bonds is 5. The molecule has 34 heavy (non-hydrogen) atoms. The second kappa shape index (κ2) is 10.9. The van der Waals surface area contributed by atoms with Gasteiger partial charge in [0.15, 0.2) is 0 Å². The maximum Gasteiger partial charge on any atom is 0.257 e. The normalized spacial score (nSPS) is 24.9. The highest BCUT2D eigenvalue weighted by molar-refractivity contribution is 7.92. The van der Waals surface area contributed by atoms with Gasteiger partial charge in [0.05, 0.1) is 23.5 Å². The van der Waals surface area contributed by atoms with Crippen LogP contribution in [0.1, 0.15) is 50.4 Å². The lowest BCUT2D eigenvalue weighted by molar-refractivity contribution is -0.142. The van der Waals surface area contributed by atoms with Crippen molar-refractivity contribution in [1.82, 2.24) is 9.80 Å². The number of fused-ring (bicyclic) bond motifs is 1. The van der Waals surface area contributed by atoms with Crippen LogP contribution in [-0.2, 0) is 19.6 Å². The van der Waals surface area contributed by atoms with Gasteiger partial charge in [-0.15, -0.1) is 0 Å². The van der Waals surface area contributed by atoms with Crippen LogP contribution in [0.4, 0.5) is 5.69 Å². The minimum atomic E-state index is -3.50. The highest BCUT2D eigenvalue weighted by Gasteiger charge is 2.35. The van der Waals surface area contributed by atoms with Crippen LogP contribution in [0.2, 0.25) is 0 Å². The van der Waals surface area contributed by atoms with Crippen molar-refractivity contribution in [3.8, 4) is 5.75 Å². The summed E-state index contributed by atoms with van der Waals surface area (Å²) in [5.74, 6) is 0.182. The number of hydrogen-bond donors (Lipinski definition) is 1. The lowest BCUT2D eigenvalue weighted by atomic mass is 9.83. The molecule has 10 heteroatoms. The molecule has 2 amide bonds. The summed E-state index contributed by atoms with van der Waals surface area (Å²) in [6, 6.07) is 4.47. The molecule has 0 radical (unpaired) electrons. The van der Waals surface area contributed by atoms with Crippen LogP contribution < -0.4 is 9.46 Å². The first kappa shape index (κ1) is 26.3. The summed E-state index contributed by atoms with van der Waals surface area (Å²) < 4.78 is 38.4. The van der Waals surface area contributed by atoms with Gasteiger partial charge in [0.25, 0.3) is 5.91 Å². The molecule has 3 rings (SSSR count). The van der Waals surface area contributed by atoms with E-state index in [9.17, 15) is 18.0 Å². The Morgan fingerprint density at radius 1 is 1.24 bits per heavy atom. The Kier molecular flexibility index (Phi) is 8.46. The minimum Gasteiger partial charge on any atom is -0.491 e. The van der Waals surface area contributed by atoms with Gasteiger partial charge in [-0.3, -0.25) is 14.3 Å². The highest BCUT2D eigenvalue weighted by Crippen LogP contribution is 2.31. The third kappa shape index (κ3) is 6.02. The number of nitrogens with one attached hydrogen (secondary N) is 1. The zero-order valence-corrected chi connectivity index (χ0v) is 21.6. The van der Waals surface area contributed by atoms with E-state index in [4.69, 9.17) is 9.47 Å². The molecule has 190 valence electrons. The van der Waals surface area contributed by atoms with Crippen molar-refractivity contribution in [3.05, 3.63) is 23.8 Å². The number of amides is 2. The van der Waals surface area contributed by atoms with Crippen LogP contribution in [0, 0.1) is 11.8 Å². The Labute approximate surface area is 202 Å². The molecular weight excluding hydrogens is 458 g/mol. The predicted octanol–water partition coefficient (Wildman–Crippen LogP) is 2.58. The lowest BCUT2D eigenvalue weighted by Gasteiger charge is -2.39. The molecule has 1 aromatic rings. The zero-order valence-electron chi connectivity index (χ0n) is 20.7. The monoisotopic (exact) mass is 495 g/mol. The van der Waals surface area contributed by atoms with E-state index in [0.717, 1.165) is 19.3 Å². The smallest absolute Gasteiger partial charge is 0.257 e. The largest absolute Gasteiger partial charge is 0.491 e. The predicted molar refractivity (Wildman–Crippen MR) is 130 cm³/mol. The van der Waals surface area contributed by atoms with Gasteiger partial charge in [-0.1, -0.05) is 13.3 Å². The number of anilines is 1. The van der Waals surface area contributed by atoms with Crippen molar-refractivity contribution in [1.29, 1.82) is 0 Å². The third-order valence-corrected chi connectivity index (χ3v) is 8.14. The maximum atomic E-state index is 13.3. The first-order valence-electron chi connectivity index (χ1n) is 11.9. The standard InChI is InChI=1S/C24H37N3O6S/c1-6-34(30,31)25-19-10-11-21-20(12-19)24(29)26(4)14-22(32-5)16(2)13-27(17(3)15-33-21)23(28)18-8-7-9-18/h10-12,16-18,22,25H,6-9,13-15H2,1-5H3/t16-,17+,22+/m1/s1.